The predicted octanol–water partition coefficient (Wildman–Crippen LogP) is 18.9. The zero-order valence-corrected chi connectivity index (χ0v) is 66.4. The summed E-state index contributed by atoms with van der Waals surface area (Å²) in [6.45, 7) is 11.1. The maximum absolute atomic E-state index is 12.7. The van der Waals surface area contributed by atoms with E-state index in [0.29, 0.717) is 108 Å². The van der Waals surface area contributed by atoms with Crippen molar-refractivity contribution in [3.05, 3.63) is 260 Å². The highest BCUT2D eigenvalue weighted by molar-refractivity contribution is 6.32. The number of nitrogens with one attached hydrogen (secondary N) is 4. The van der Waals surface area contributed by atoms with E-state index >= 15 is 0 Å². The number of nitrogens with zero attached hydrogens (tertiary/aromatic N) is 12. The minimum absolute atomic E-state index is 0. The first-order valence-electron chi connectivity index (χ1n) is 36.5. The second kappa shape index (κ2) is 60.5. The molecule has 0 heterocycles. The van der Waals surface area contributed by atoms with Gasteiger partial charge in [-0.2, -0.15) is 40.9 Å². The largest absolute Gasteiger partial charge is 0.396 e. The van der Waals surface area contributed by atoms with E-state index in [9.17, 15) is 19.2 Å². The number of anilines is 4. The number of benzene rings is 8. The van der Waals surface area contributed by atoms with Crippen LogP contribution in [0.4, 0.5) is 22.7 Å². The number of aliphatic hydroxyl groups excluding tert-OH is 2. The minimum Gasteiger partial charge on any atom is -0.396 e. The van der Waals surface area contributed by atoms with Crippen LogP contribution in [0.3, 0.4) is 0 Å². The van der Waals surface area contributed by atoms with Gasteiger partial charge in [-0.3, -0.25) is 39.1 Å². The number of aryl methyl sites for hydroxylation is 2. The van der Waals surface area contributed by atoms with Crippen LogP contribution in [0.25, 0.3) is 0 Å². The number of hydrogen-bond acceptors (Lipinski definition) is 18. The first-order valence-corrected chi connectivity index (χ1v) is 38.0. The summed E-state index contributed by atoms with van der Waals surface area (Å²) in [5, 5.41) is 64.1. The molecule has 8 aromatic rings. The minimum atomic E-state index is -1.05. The number of carbonyl (C=O) groups is 4. The van der Waals surface area contributed by atoms with Crippen LogP contribution in [0.5, 0.6) is 0 Å². The van der Waals surface area contributed by atoms with Crippen molar-refractivity contribution >= 4 is 116 Å². The summed E-state index contributed by atoms with van der Waals surface area (Å²) in [4.78, 5) is 68.0. The number of rotatable bonds is 38. The van der Waals surface area contributed by atoms with Crippen LogP contribution in [0.2, 0.25) is 20.1 Å². The van der Waals surface area contributed by atoms with Crippen molar-refractivity contribution in [2.24, 2.45) is 83.8 Å². The Labute approximate surface area is 704 Å². The molecule has 14 N–H and O–H groups in total. The van der Waals surface area contributed by atoms with E-state index in [1.807, 2.05) is 141 Å². The van der Waals surface area contributed by atoms with Crippen LogP contribution >= 0.6 is 46.4 Å². The zero-order chi connectivity index (χ0) is 81.1. The summed E-state index contributed by atoms with van der Waals surface area (Å²) in [5.41, 5.74) is 32.6. The van der Waals surface area contributed by atoms with E-state index in [2.05, 4.69) is 96.0 Å². The van der Waals surface area contributed by atoms with Gasteiger partial charge < -0.3 is 54.4 Å². The highest BCUT2D eigenvalue weighted by Gasteiger charge is 2.26. The van der Waals surface area contributed by atoms with Crippen molar-refractivity contribution in [2.75, 3.05) is 60.7 Å². The molecule has 0 saturated carbocycles. The number of nitrogens with two attached hydrogens (primary N) is 4. The highest BCUT2D eigenvalue weighted by atomic mass is 35.5. The number of para-hydroxylation sites is 4. The van der Waals surface area contributed by atoms with Gasteiger partial charge in [0.2, 0.25) is 24.2 Å². The van der Waals surface area contributed by atoms with E-state index in [0.717, 1.165) is 71.9 Å². The number of amides is 4. The van der Waals surface area contributed by atoms with Gasteiger partial charge >= 0.3 is 0 Å². The molecule has 30 heteroatoms. The fraction of sp³-hybridized carbons (Fsp3) is 0.349. The molecule has 26 nitrogen and oxygen atoms in total. The monoisotopic (exact) mass is 1660 g/mol. The molecule has 8 rings (SSSR count). The van der Waals surface area contributed by atoms with Gasteiger partial charge in [-0.25, -0.2) is 0 Å². The molecule has 0 spiro atoms. The molecule has 4 unspecified atom stereocenters. The Hall–Kier alpha value is -11.0. The summed E-state index contributed by atoms with van der Waals surface area (Å²) < 4.78 is 0. The lowest BCUT2D eigenvalue weighted by atomic mass is 10.1. The van der Waals surface area contributed by atoms with Gasteiger partial charge in [0.15, 0.2) is 0 Å². The van der Waals surface area contributed by atoms with E-state index < -0.39 is 36.0 Å². The molecule has 0 radical (unpaired) electrons. The molecule has 0 aliphatic carbocycles. The Morgan fingerprint density at radius 1 is 0.336 bits per heavy atom. The first kappa shape index (κ1) is 103. The Bertz CT molecular complexity index is 4370. The van der Waals surface area contributed by atoms with Crippen LogP contribution in [-0.2, 0) is 45.4 Å². The zero-order valence-electron chi connectivity index (χ0n) is 63.4. The average molecular weight is 1670 g/mol. The van der Waals surface area contributed by atoms with Crippen molar-refractivity contribution in [3.8, 4) is 0 Å². The van der Waals surface area contributed by atoms with Gasteiger partial charge in [0, 0.05) is 56.1 Å². The second-order valence-electron chi connectivity index (χ2n) is 24.9. The Kier molecular flexibility index (Phi) is 53.8. The number of amidine groups is 4. The average Bonchev–Trinajstić information content (AvgIpc) is 0.891. The van der Waals surface area contributed by atoms with Gasteiger partial charge in [-0.1, -0.05) is 237 Å². The molecular weight excluding hydrogens is 1550 g/mol. The van der Waals surface area contributed by atoms with E-state index in [-0.39, 0.29) is 78.1 Å². The fourth-order valence-electron chi connectivity index (χ4n) is 9.48. The summed E-state index contributed by atoms with van der Waals surface area (Å²) in [7, 11) is 0. The second-order valence-corrected chi connectivity index (χ2v) is 26.6. The number of aliphatic hydroxyl groups is 2. The molecular formula is C86H116Cl4N20O6. The summed E-state index contributed by atoms with van der Waals surface area (Å²) >= 11 is 23.9. The number of aliphatic imine (C=N–C) groups is 4. The van der Waals surface area contributed by atoms with Gasteiger partial charge in [-0.15, -0.1) is 0 Å². The number of azo groups is 4. The van der Waals surface area contributed by atoms with Gasteiger partial charge in [0.1, 0.15) is 23.3 Å². The third-order valence-electron chi connectivity index (χ3n) is 15.7. The quantitative estimate of drug-likeness (QED) is 0.00754. The highest BCUT2D eigenvalue weighted by Crippen LogP contribution is 2.21. The smallest absolute Gasteiger partial charge is 0.258 e. The molecule has 0 aliphatic heterocycles. The first-order chi connectivity index (χ1) is 54.2. The third-order valence-corrected chi connectivity index (χ3v) is 17.0. The third kappa shape index (κ3) is 41.3. The molecule has 0 fully saturated rings. The molecule has 0 bridgehead atoms. The molecule has 8 aromatic carbocycles. The lowest BCUT2D eigenvalue weighted by Gasteiger charge is -2.12. The number of carbonyl (C=O) groups excluding carboxylic acids is 4. The van der Waals surface area contributed by atoms with Crippen molar-refractivity contribution < 1.29 is 29.4 Å². The molecule has 4 amide bonds. The lowest BCUT2D eigenvalue weighted by molar-refractivity contribution is -0.116. The summed E-state index contributed by atoms with van der Waals surface area (Å²) in [6.07, 6.45) is 7.09. The van der Waals surface area contributed by atoms with Gasteiger partial charge in [0.05, 0.1) is 52.4 Å². The lowest BCUT2D eigenvalue weighted by Crippen LogP contribution is -2.38. The number of halogens is 4. The fourth-order valence-corrected chi connectivity index (χ4v) is 9.97. The number of unbranched alkanes of at least 4 members (excludes halogenated alkanes) is 4. The topological polar surface area (TPSA) is 409 Å². The molecule has 0 aliphatic rings. The standard InChI is InChI=1S/C22H28ClN5O.C21H26ClN5O.C20H24ClN5O2.C19H22ClN5O2.4CH4/c1-3-4-8-13-26-28-20(22(29)27-18-9-6-5-7-10-18)21(24)25-15-17-11-12-19(23)16(2)14-17;1-2-3-7-14-25-27-19(21(28)26-18-8-5-4-6-9-18)20(23)24-15-16-10-12-17(22)13-11-16;1-14-12-15(8-9-17(14)21)13-23-19(22)18(26-24-10-5-11-27)20(28)25-16-6-3-2-4-7-16;20-15-9-7-14(8-10-15)13-22-18(21)17(25-23-11-4-12-26)19(27)24-16-5-2-1-3-6-16;;;;/h5-7,9-12,14,20H,3-4,8,13,15H2,1-2H3,(H2,24,25)(H,27,29);4-6,8-13,19H,2-3,7,14-15H2,1H3,(H2,23,24)(H,26,28);2-4,6-9,12,18,27H,5,10-11,13H2,1H3,(H2,22,23)(H,25,28);1-3,5-10,17,26H,4,11-13H2,(H2,21,22)(H,24,27);4*1H4. The van der Waals surface area contributed by atoms with Crippen molar-refractivity contribution in [3.63, 3.8) is 0 Å². The SMILES string of the molecule is C.C.C.C.CCCCCN=NC(C(=O)Nc1ccccc1)C(N)=NCc1ccc(Cl)c(C)c1.CCCCCN=NC(C(=O)Nc1ccccc1)C(N)=NCc1ccc(Cl)cc1.Cc1cc(CN=C(N)C(N=NCCCO)C(=O)Nc2ccccc2)ccc1Cl.NC(=NCc1ccc(Cl)cc1)C(N=NCCCO)C(=O)Nc1ccccc1. The maximum Gasteiger partial charge on any atom is 0.258 e. The van der Waals surface area contributed by atoms with E-state index in [1.165, 1.54) is 0 Å². The predicted molar refractivity (Wildman–Crippen MR) is 480 cm³/mol. The van der Waals surface area contributed by atoms with Crippen LogP contribution in [0, 0.1) is 13.8 Å². The molecule has 0 aromatic heterocycles. The van der Waals surface area contributed by atoms with Crippen molar-refractivity contribution in [1.82, 2.24) is 0 Å². The van der Waals surface area contributed by atoms with E-state index in [4.69, 9.17) is 79.6 Å². The van der Waals surface area contributed by atoms with Gasteiger partial charge in [0.25, 0.3) is 23.6 Å². The Morgan fingerprint density at radius 3 is 0.802 bits per heavy atom. The molecule has 0 saturated heterocycles. The summed E-state index contributed by atoms with van der Waals surface area (Å²) in [6, 6.07) is 58.0. The van der Waals surface area contributed by atoms with Crippen LogP contribution < -0.4 is 44.2 Å². The maximum atomic E-state index is 12.7. The Morgan fingerprint density at radius 2 is 0.569 bits per heavy atom. The van der Waals surface area contributed by atoms with Crippen LogP contribution in [-0.4, -0.2) is 121 Å². The van der Waals surface area contributed by atoms with Crippen molar-refractivity contribution in [2.45, 2.75) is 159 Å². The van der Waals surface area contributed by atoms with Crippen LogP contribution in [0.15, 0.2) is 267 Å². The van der Waals surface area contributed by atoms with E-state index in [1.54, 1.807) is 78.9 Å². The molecule has 624 valence electrons. The Balaban J connectivity index is 0.000000765. The number of hydrogen-bond donors (Lipinski definition) is 10. The normalized spacial score (nSPS) is 12.4. The molecule has 116 heavy (non-hydrogen) atoms. The van der Waals surface area contributed by atoms with Crippen molar-refractivity contribution in [1.29, 1.82) is 0 Å². The van der Waals surface area contributed by atoms with Gasteiger partial charge in [-0.05, 0) is 158 Å². The summed E-state index contributed by atoms with van der Waals surface area (Å²) in [5.74, 6) is -1.18. The molecule has 4 atom stereocenters. The van der Waals surface area contributed by atoms with Crippen LogP contribution in [0.1, 0.15) is 128 Å².